The van der Waals surface area contributed by atoms with Crippen LogP contribution in [0.5, 0.6) is 0 Å². The highest BCUT2D eigenvalue weighted by molar-refractivity contribution is 6.31. The average molecular weight is 453 g/mol. The Morgan fingerprint density at radius 2 is 1.97 bits per heavy atom. The second kappa shape index (κ2) is 9.12. The Hall–Kier alpha value is -3.19. The second-order valence-electron chi connectivity index (χ2n) is 8.17. The maximum Gasteiger partial charge on any atom is 0.258 e. The highest BCUT2D eigenvalue weighted by atomic mass is 35.5. The van der Waals surface area contributed by atoms with Crippen LogP contribution in [0.1, 0.15) is 31.2 Å². The molecule has 4 rings (SSSR count). The summed E-state index contributed by atoms with van der Waals surface area (Å²) in [5.41, 5.74) is 2.13. The lowest BCUT2D eigenvalue weighted by atomic mass is 10.1. The number of hydrogen-bond donors (Lipinski definition) is 1. The van der Waals surface area contributed by atoms with E-state index >= 15 is 0 Å². The molecule has 2 amide bonds. The molecule has 8 heteroatoms. The van der Waals surface area contributed by atoms with Gasteiger partial charge in [0.15, 0.2) is 0 Å². The number of hydrogen-bond acceptors (Lipinski definition) is 4. The smallest absolute Gasteiger partial charge is 0.258 e. The molecule has 1 N–H and O–H groups in total. The van der Waals surface area contributed by atoms with Crippen molar-refractivity contribution in [2.45, 2.75) is 33.2 Å². The van der Waals surface area contributed by atoms with E-state index < -0.39 is 5.92 Å². The standard InChI is InChI=1S/C24H25ClN4O3/c1-3-10-28(14-21-26-20-12-17(25)6-9-19(20)23(31)27-21)24(32)16-11-22(30)29(13-16)18-7-4-15(2)5-8-18/h4-9,12,16H,3,10-11,13-14H2,1-2H3,(H,26,27,31). The number of anilines is 1. The molecule has 1 atom stereocenters. The summed E-state index contributed by atoms with van der Waals surface area (Å²) in [6.45, 7) is 4.99. The summed E-state index contributed by atoms with van der Waals surface area (Å²) in [5, 5.41) is 0.936. The number of nitrogens with one attached hydrogen (secondary N) is 1. The van der Waals surface area contributed by atoms with Gasteiger partial charge in [-0.05, 0) is 43.7 Å². The van der Waals surface area contributed by atoms with Gasteiger partial charge >= 0.3 is 0 Å². The fourth-order valence-electron chi connectivity index (χ4n) is 4.06. The van der Waals surface area contributed by atoms with E-state index in [4.69, 9.17) is 11.6 Å². The van der Waals surface area contributed by atoms with Crippen LogP contribution >= 0.6 is 11.6 Å². The zero-order valence-electron chi connectivity index (χ0n) is 18.1. The molecule has 0 radical (unpaired) electrons. The molecular weight excluding hydrogens is 428 g/mol. The largest absolute Gasteiger partial charge is 0.335 e. The Labute approximate surface area is 191 Å². The summed E-state index contributed by atoms with van der Waals surface area (Å²) < 4.78 is 0. The minimum Gasteiger partial charge on any atom is -0.335 e. The van der Waals surface area contributed by atoms with Gasteiger partial charge in [0.25, 0.3) is 5.56 Å². The number of halogens is 1. The lowest BCUT2D eigenvalue weighted by Crippen LogP contribution is -2.38. The molecule has 7 nitrogen and oxygen atoms in total. The van der Waals surface area contributed by atoms with Gasteiger partial charge in [-0.3, -0.25) is 14.4 Å². The number of nitrogens with zero attached hydrogens (tertiary/aromatic N) is 3. The van der Waals surface area contributed by atoms with E-state index in [-0.39, 0.29) is 30.3 Å². The van der Waals surface area contributed by atoms with Crippen LogP contribution in [0.4, 0.5) is 5.69 Å². The van der Waals surface area contributed by atoms with Gasteiger partial charge in [-0.25, -0.2) is 4.98 Å². The Morgan fingerprint density at radius 3 is 2.69 bits per heavy atom. The third kappa shape index (κ3) is 4.53. The van der Waals surface area contributed by atoms with E-state index in [0.717, 1.165) is 17.7 Å². The van der Waals surface area contributed by atoms with Crippen molar-refractivity contribution >= 4 is 40.0 Å². The van der Waals surface area contributed by atoms with Gasteiger partial charge in [-0.15, -0.1) is 0 Å². The van der Waals surface area contributed by atoms with Gasteiger partial charge in [0, 0.05) is 30.2 Å². The second-order valence-corrected chi connectivity index (χ2v) is 8.61. The minimum absolute atomic E-state index is 0.0597. The fraction of sp³-hybridized carbons (Fsp3) is 0.333. The Bertz CT molecular complexity index is 1220. The molecule has 1 aliphatic heterocycles. The van der Waals surface area contributed by atoms with E-state index in [0.29, 0.717) is 34.8 Å². The van der Waals surface area contributed by atoms with Crippen molar-refractivity contribution in [1.29, 1.82) is 0 Å². The van der Waals surface area contributed by atoms with E-state index in [1.807, 2.05) is 38.1 Å². The van der Waals surface area contributed by atoms with E-state index in [9.17, 15) is 14.4 Å². The molecule has 166 valence electrons. The van der Waals surface area contributed by atoms with Crippen LogP contribution in [-0.4, -0.2) is 39.8 Å². The first kappa shape index (κ1) is 22.0. The maximum absolute atomic E-state index is 13.3. The number of fused-ring (bicyclic) bond motifs is 1. The number of carbonyl (C=O) groups is 2. The predicted molar refractivity (Wildman–Crippen MR) is 125 cm³/mol. The number of aromatic amines is 1. The molecule has 1 aromatic heterocycles. The number of rotatable bonds is 6. The highest BCUT2D eigenvalue weighted by Gasteiger charge is 2.37. The monoisotopic (exact) mass is 452 g/mol. The summed E-state index contributed by atoms with van der Waals surface area (Å²) in [5.74, 6) is -0.206. The molecule has 1 saturated heterocycles. The van der Waals surface area contributed by atoms with Gasteiger partial charge < -0.3 is 14.8 Å². The van der Waals surface area contributed by atoms with Crippen molar-refractivity contribution in [2.24, 2.45) is 5.92 Å². The molecule has 3 aromatic rings. The van der Waals surface area contributed by atoms with Crippen molar-refractivity contribution in [3.63, 3.8) is 0 Å². The van der Waals surface area contributed by atoms with E-state index in [2.05, 4.69) is 9.97 Å². The first-order chi connectivity index (χ1) is 15.4. The van der Waals surface area contributed by atoms with Crippen LogP contribution in [0, 0.1) is 12.8 Å². The molecule has 1 unspecified atom stereocenters. The van der Waals surface area contributed by atoms with Crippen molar-refractivity contribution < 1.29 is 9.59 Å². The molecule has 1 aliphatic rings. The first-order valence-corrected chi connectivity index (χ1v) is 11.1. The maximum atomic E-state index is 13.3. The molecule has 32 heavy (non-hydrogen) atoms. The van der Waals surface area contributed by atoms with Crippen LogP contribution in [0.15, 0.2) is 47.3 Å². The lowest BCUT2D eigenvalue weighted by Gasteiger charge is -2.25. The van der Waals surface area contributed by atoms with Crippen molar-refractivity contribution in [3.8, 4) is 0 Å². The third-order valence-corrected chi connectivity index (χ3v) is 5.92. The summed E-state index contributed by atoms with van der Waals surface area (Å²) in [6, 6.07) is 12.6. The molecular formula is C24H25ClN4O3. The summed E-state index contributed by atoms with van der Waals surface area (Å²) in [4.78, 5) is 49.0. The summed E-state index contributed by atoms with van der Waals surface area (Å²) in [6.07, 6.45) is 0.919. The van der Waals surface area contributed by atoms with Gasteiger partial charge in [-0.2, -0.15) is 0 Å². The van der Waals surface area contributed by atoms with Crippen LogP contribution in [0.3, 0.4) is 0 Å². The number of benzene rings is 2. The number of aromatic nitrogens is 2. The quantitative estimate of drug-likeness (QED) is 0.618. The van der Waals surface area contributed by atoms with Crippen LogP contribution in [0.2, 0.25) is 5.02 Å². The lowest BCUT2D eigenvalue weighted by molar-refractivity contribution is -0.136. The van der Waals surface area contributed by atoms with E-state index in [1.165, 1.54) is 0 Å². The normalized spacial score (nSPS) is 16.0. The van der Waals surface area contributed by atoms with Crippen LogP contribution in [-0.2, 0) is 16.1 Å². The Morgan fingerprint density at radius 1 is 1.22 bits per heavy atom. The number of H-pyrrole nitrogens is 1. The summed E-state index contributed by atoms with van der Waals surface area (Å²) >= 11 is 6.05. The number of aryl methyl sites for hydroxylation is 1. The first-order valence-electron chi connectivity index (χ1n) is 10.7. The molecule has 0 bridgehead atoms. The molecule has 0 aliphatic carbocycles. The topological polar surface area (TPSA) is 86.4 Å². The fourth-order valence-corrected chi connectivity index (χ4v) is 4.23. The summed E-state index contributed by atoms with van der Waals surface area (Å²) in [7, 11) is 0. The zero-order valence-corrected chi connectivity index (χ0v) is 18.9. The Balaban J connectivity index is 1.54. The van der Waals surface area contributed by atoms with Crippen LogP contribution < -0.4 is 10.5 Å². The molecule has 2 heterocycles. The van der Waals surface area contributed by atoms with Gasteiger partial charge in [0.1, 0.15) is 5.82 Å². The van der Waals surface area contributed by atoms with Gasteiger partial charge in [-0.1, -0.05) is 36.2 Å². The highest BCUT2D eigenvalue weighted by Crippen LogP contribution is 2.27. The molecule has 0 saturated carbocycles. The zero-order chi connectivity index (χ0) is 22.8. The number of carbonyl (C=O) groups excluding carboxylic acids is 2. The van der Waals surface area contributed by atoms with E-state index in [1.54, 1.807) is 28.0 Å². The van der Waals surface area contributed by atoms with Crippen LogP contribution in [0.25, 0.3) is 10.9 Å². The van der Waals surface area contributed by atoms with Crippen molar-refractivity contribution in [2.75, 3.05) is 18.0 Å². The Kier molecular flexibility index (Phi) is 6.28. The molecule has 2 aromatic carbocycles. The average Bonchev–Trinajstić information content (AvgIpc) is 3.14. The van der Waals surface area contributed by atoms with Gasteiger partial charge in [0.2, 0.25) is 11.8 Å². The van der Waals surface area contributed by atoms with Gasteiger partial charge in [0.05, 0.1) is 23.4 Å². The number of amides is 2. The van der Waals surface area contributed by atoms with Crippen molar-refractivity contribution in [3.05, 3.63) is 69.2 Å². The molecule has 1 fully saturated rings. The molecule has 0 spiro atoms. The van der Waals surface area contributed by atoms with Crippen molar-refractivity contribution in [1.82, 2.24) is 14.9 Å². The predicted octanol–water partition coefficient (Wildman–Crippen LogP) is 3.68. The third-order valence-electron chi connectivity index (χ3n) is 5.68. The minimum atomic E-state index is -0.433. The SMILES string of the molecule is CCCN(Cc1nc2cc(Cl)ccc2c(=O)[nH]1)C(=O)C1CC(=O)N(c2ccc(C)cc2)C1.